The van der Waals surface area contributed by atoms with E-state index in [0.29, 0.717) is 24.1 Å². The molecule has 6 N–H and O–H groups in total. The van der Waals surface area contributed by atoms with Crippen LogP contribution in [0.5, 0.6) is 0 Å². The van der Waals surface area contributed by atoms with Crippen molar-refractivity contribution in [1.82, 2.24) is 0 Å². The summed E-state index contributed by atoms with van der Waals surface area (Å²) in [4.78, 5) is 11.8. The lowest BCUT2D eigenvalue weighted by Gasteiger charge is -2.16. The Labute approximate surface area is 99.9 Å². The largest absolute Gasteiger partial charge is 0.457 e. The number of anilines is 1. The number of nitrogens with two attached hydrogens (primary N) is 3. The van der Waals surface area contributed by atoms with Crippen molar-refractivity contribution in [2.75, 3.05) is 5.73 Å². The standard InChI is InChI=1S/C12H17N3O2/c13-8-3-1-7(2-4-8)12(16)17-11-6-9(14)5-10(11)15/h1-4,9-11H,5-6,13-15H2/t9-,10+,11+/m1/s1. The molecule has 0 amide bonds. The molecule has 1 aliphatic carbocycles. The lowest BCUT2D eigenvalue weighted by Crippen LogP contribution is -2.33. The summed E-state index contributed by atoms with van der Waals surface area (Å²) in [6, 6.07) is 6.46. The van der Waals surface area contributed by atoms with Gasteiger partial charge in [0.2, 0.25) is 0 Å². The van der Waals surface area contributed by atoms with Crippen LogP contribution in [0, 0.1) is 0 Å². The second-order valence-electron chi connectivity index (χ2n) is 4.46. The monoisotopic (exact) mass is 235 g/mol. The van der Waals surface area contributed by atoms with Crippen molar-refractivity contribution < 1.29 is 9.53 Å². The molecule has 0 heterocycles. The molecular weight excluding hydrogens is 218 g/mol. The fraction of sp³-hybridized carbons (Fsp3) is 0.417. The van der Waals surface area contributed by atoms with Crippen LogP contribution >= 0.6 is 0 Å². The fourth-order valence-electron chi connectivity index (χ4n) is 2.03. The predicted molar refractivity (Wildman–Crippen MR) is 65.2 cm³/mol. The zero-order valence-electron chi connectivity index (χ0n) is 9.50. The maximum absolute atomic E-state index is 11.8. The Balaban J connectivity index is 2.00. The third kappa shape index (κ3) is 2.75. The van der Waals surface area contributed by atoms with Gasteiger partial charge in [-0.2, -0.15) is 0 Å². The van der Waals surface area contributed by atoms with Crippen LogP contribution in [0.4, 0.5) is 5.69 Å². The first kappa shape index (κ1) is 11.9. The third-order valence-corrected chi connectivity index (χ3v) is 2.99. The molecule has 1 fully saturated rings. The van der Waals surface area contributed by atoms with Crippen LogP contribution in [0.15, 0.2) is 24.3 Å². The second-order valence-corrected chi connectivity index (χ2v) is 4.46. The van der Waals surface area contributed by atoms with E-state index in [1.165, 1.54) is 0 Å². The number of hydrogen-bond acceptors (Lipinski definition) is 5. The summed E-state index contributed by atoms with van der Waals surface area (Å²) in [7, 11) is 0. The Hall–Kier alpha value is -1.59. The topological polar surface area (TPSA) is 104 Å². The minimum absolute atomic E-state index is 0.0224. The van der Waals surface area contributed by atoms with E-state index >= 15 is 0 Å². The maximum Gasteiger partial charge on any atom is 0.338 e. The van der Waals surface area contributed by atoms with Gasteiger partial charge < -0.3 is 21.9 Å². The van der Waals surface area contributed by atoms with Crippen molar-refractivity contribution in [3.05, 3.63) is 29.8 Å². The quantitative estimate of drug-likeness (QED) is 0.503. The summed E-state index contributed by atoms with van der Waals surface area (Å²) in [6.45, 7) is 0. The molecule has 0 aromatic heterocycles. The van der Waals surface area contributed by atoms with Crippen LogP contribution in [0.1, 0.15) is 23.2 Å². The highest BCUT2D eigenvalue weighted by atomic mass is 16.5. The van der Waals surface area contributed by atoms with E-state index in [2.05, 4.69) is 0 Å². The Kier molecular flexibility index (Phi) is 3.31. The SMILES string of the molecule is Nc1ccc(C(=O)O[C@H]2C[C@H](N)C[C@@H]2N)cc1. The first-order valence-corrected chi connectivity index (χ1v) is 5.64. The first-order valence-electron chi connectivity index (χ1n) is 5.64. The average Bonchev–Trinajstić information content (AvgIpc) is 2.58. The van der Waals surface area contributed by atoms with Gasteiger partial charge in [-0.1, -0.05) is 0 Å². The molecule has 92 valence electrons. The van der Waals surface area contributed by atoms with Gasteiger partial charge in [-0.05, 0) is 30.7 Å². The highest BCUT2D eigenvalue weighted by Gasteiger charge is 2.32. The van der Waals surface area contributed by atoms with Gasteiger partial charge in [0, 0.05) is 24.2 Å². The smallest absolute Gasteiger partial charge is 0.338 e. The molecule has 5 nitrogen and oxygen atoms in total. The van der Waals surface area contributed by atoms with Crippen molar-refractivity contribution >= 4 is 11.7 Å². The zero-order valence-corrected chi connectivity index (χ0v) is 9.50. The van der Waals surface area contributed by atoms with Crippen LogP contribution in [-0.2, 0) is 4.74 Å². The van der Waals surface area contributed by atoms with Gasteiger partial charge in [0.05, 0.1) is 5.56 Å². The van der Waals surface area contributed by atoms with E-state index < -0.39 is 0 Å². The Bertz CT molecular complexity index is 405. The number of carbonyl (C=O) groups excluding carboxylic acids is 1. The predicted octanol–water partition coefficient (Wildman–Crippen LogP) is 0.243. The highest BCUT2D eigenvalue weighted by Crippen LogP contribution is 2.21. The molecule has 17 heavy (non-hydrogen) atoms. The molecule has 1 saturated carbocycles. The maximum atomic E-state index is 11.8. The molecule has 1 aliphatic rings. The molecule has 1 aromatic carbocycles. The van der Waals surface area contributed by atoms with E-state index in [4.69, 9.17) is 21.9 Å². The third-order valence-electron chi connectivity index (χ3n) is 2.99. The van der Waals surface area contributed by atoms with Gasteiger partial charge >= 0.3 is 5.97 Å². The molecule has 0 spiro atoms. The molecule has 1 aromatic rings. The highest BCUT2D eigenvalue weighted by molar-refractivity contribution is 5.89. The molecule has 0 unspecified atom stereocenters. The normalized spacial score (nSPS) is 28.0. The number of nitrogen functional groups attached to an aromatic ring is 1. The van der Waals surface area contributed by atoms with Crippen LogP contribution in [0.3, 0.4) is 0 Å². The Morgan fingerprint density at radius 3 is 2.35 bits per heavy atom. The average molecular weight is 235 g/mol. The van der Waals surface area contributed by atoms with Crippen LogP contribution < -0.4 is 17.2 Å². The Morgan fingerprint density at radius 2 is 1.82 bits per heavy atom. The van der Waals surface area contributed by atoms with E-state index in [9.17, 15) is 4.79 Å². The van der Waals surface area contributed by atoms with Crippen molar-refractivity contribution in [3.63, 3.8) is 0 Å². The number of hydrogen-bond donors (Lipinski definition) is 3. The summed E-state index contributed by atoms with van der Waals surface area (Å²) in [5, 5.41) is 0. The molecule has 0 radical (unpaired) electrons. The van der Waals surface area contributed by atoms with E-state index in [-0.39, 0.29) is 24.2 Å². The van der Waals surface area contributed by atoms with Gasteiger partial charge in [0.1, 0.15) is 6.10 Å². The van der Waals surface area contributed by atoms with Crippen molar-refractivity contribution in [1.29, 1.82) is 0 Å². The summed E-state index contributed by atoms with van der Waals surface area (Å²) >= 11 is 0. The van der Waals surface area contributed by atoms with Crippen LogP contribution in [0.25, 0.3) is 0 Å². The molecule has 0 aliphatic heterocycles. The van der Waals surface area contributed by atoms with Gasteiger partial charge in [-0.25, -0.2) is 4.79 Å². The molecule has 0 bridgehead atoms. The van der Waals surface area contributed by atoms with Crippen molar-refractivity contribution in [2.45, 2.75) is 31.0 Å². The van der Waals surface area contributed by atoms with Gasteiger partial charge in [0.25, 0.3) is 0 Å². The first-order chi connectivity index (χ1) is 8.06. The minimum atomic E-state index is -0.375. The summed E-state index contributed by atoms with van der Waals surface area (Å²) in [5.41, 5.74) is 18.2. The number of benzene rings is 1. The van der Waals surface area contributed by atoms with Gasteiger partial charge in [-0.15, -0.1) is 0 Å². The zero-order chi connectivity index (χ0) is 12.4. The Morgan fingerprint density at radius 1 is 1.18 bits per heavy atom. The number of esters is 1. The summed E-state index contributed by atoms with van der Waals surface area (Å²) in [5.74, 6) is -0.375. The van der Waals surface area contributed by atoms with Crippen LogP contribution in [0.2, 0.25) is 0 Å². The molecule has 5 heteroatoms. The lowest BCUT2D eigenvalue weighted by atomic mass is 10.2. The summed E-state index contributed by atoms with van der Waals surface area (Å²) in [6.07, 6.45) is 1.04. The van der Waals surface area contributed by atoms with E-state index in [1.807, 2.05) is 0 Å². The molecule has 3 atom stereocenters. The number of rotatable bonds is 2. The minimum Gasteiger partial charge on any atom is -0.457 e. The molecule has 0 saturated heterocycles. The summed E-state index contributed by atoms with van der Waals surface area (Å²) < 4.78 is 5.34. The van der Waals surface area contributed by atoms with Crippen LogP contribution in [-0.4, -0.2) is 24.2 Å². The van der Waals surface area contributed by atoms with Gasteiger partial charge in [-0.3, -0.25) is 0 Å². The van der Waals surface area contributed by atoms with E-state index in [0.717, 1.165) is 0 Å². The second kappa shape index (κ2) is 4.73. The number of ether oxygens (including phenoxy) is 1. The molecule has 2 rings (SSSR count). The molecular formula is C12H17N3O2. The van der Waals surface area contributed by atoms with E-state index in [1.54, 1.807) is 24.3 Å². The fourth-order valence-corrected chi connectivity index (χ4v) is 2.03. The van der Waals surface area contributed by atoms with Gasteiger partial charge in [0.15, 0.2) is 0 Å². The van der Waals surface area contributed by atoms with Crippen molar-refractivity contribution in [3.8, 4) is 0 Å². The van der Waals surface area contributed by atoms with Crippen molar-refractivity contribution in [2.24, 2.45) is 11.5 Å². The number of carbonyl (C=O) groups is 1. The lowest BCUT2D eigenvalue weighted by molar-refractivity contribution is 0.0281.